The van der Waals surface area contributed by atoms with Gasteiger partial charge in [-0.05, 0) is 57.3 Å². The van der Waals surface area contributed by atoms with Gasteiger partial charge in [0.15, 0.2) is 0 Å². The van der Waals surface area contributed by atoms with Crippen LogP contribution in [0.5, 0.6) is 5.75 Å². The normalized spacial score (nSPS) is 16.4. The topological polar surface area (TPSA) is 50.4 Å². The Bertz CT molecular complexity index is 422. The standard InChI is InChI=1S/C17H26N2O2.ClH/c1-14(21-16-5-3-2-4-6-16)13-19-17(20)8-7-15-9-11-18-12-10-15;/h2-6,14-15,18H,7-13H2,1H3,(H,19,20);1H. The van der Waals surface area contributed by atoms with Gasteiger partial charge in [0.2, 0.25) is 5.91 Å². The molecule has 22 heavy (non-hydrogen) atoms. The van der Waals surface area contributed by atoms with Crippen molar-refractivity contribution < 1.29 is 9.53 Å². The molecular formula is C17H27ClN2O2. The minimum absolute atomic E-state index is 0. The predicted octanol–water partition coefficient (Wildman–Crippen LogP) is 2.77. The summed E-state index contributed by atoms with van der Waals surface area (Å²) < 4.78 is 5.74. The molecule has 1 unspecified atom stereocenters. The van der Waals surface area contributed by atoms with Gasteiger partial charge in [-0.25, -0.2) is 0 Å². The minimum atomic E-state index is -0.0183. The Labute approximate surface area is 139 Å². The Morgan fingerprint density at radius 3 is 2.68 bits per heavy atom. The third kappa shape index (κ3) is 7.14. The molecular weight excluding hydrogens is 300 g/mol. The van der Waals surface area contributed by atoms with Crippen molar-refractivity contribution in [2.24, 2.45) is 5.92 Å². The van der Waals surface area contributed by atoms with E-state index in [-0.39, 0.29) is 24.4 Å². The summed E-state index contributed by atoms with van der Waals surface area (Å²) in [5.74, 6) is 1.68. The summed E-state index contributed by atoms with van der Waals surface area (Å²) in [6, 6.07) is 9.70. The second-order valence-corrected chi connectivity index (χ2v) is 5.78. The van der Waals surface area contributed by atoms with Gasteiger partial charge in [0.25, 0.3) is 0 Å². The van der Waals surface area contributed by atoms with Crippen molar-refractivity contribution in [1.82, 2.24) is 10.6 Å². The Balaban J connectivity index is 0.00000242. The predicted molar refractivity (Wildman–Crippen MR) is 91.6 cm³/mol. The first-order chi connectivity index (χ1) is 10.2. The Morgan fingerprint density at radius 2 is 2.00 bits per heavy atom. The fraction of sp³-hybridized carbons (Fsp3) is 0.588. The summed E-state index contributed by atoms with van der Waals surface area (Å²) in [4.78, 5) is 11.9. The lowest BCUT2D eigenvalue weighted by atomic mass is 9.93. The number of nitrogens with one attached hydrogen (secondary N) is 2. The van der Waals surface area contributed by atoms with E-state index in [9.17, 15) is 4.79 Å². The summed E-state index contributed by atoms with van der Waals surface area (Å²) >= 11 is 0. The highest BCUT2D eigenvalue weighted by molar-refractivity contribution is 5.85. The number of hydrogen-bond acceptors (Lipinski definition) is 3. The second-order valence-electron chi connectivity index (χ2n) is 5.78. The highest BCUT2D eigenvalue weighted by Gasteiger charge is 2.14. The molecule has 1 aromatic rings. The zero-order valence-corrected chi connectivity index (χ0v) is 14.0. The Kier molecular flexibility index (Phi) is 8.94. The SMILES string of the molecule is CC(CNC(=O)CCC1CCNCC1)Oc1ccccc1.Cl. The van der Waals surface area contributed by atoms with E-state index in [0.29, 0.717) is 18.9 Å². The van der Waals surface area contributed by atoms with Gasteiger partial charge in [0.1, 0.15) is 11.9 Å². The number of halogens is 1. The monoisotopic (exact) mass is 326 g/mol. The number of piperidine rings is 1. The van der Waals surface area contributed by atoms with Gasteiger partial charge >= 0.3 is 0 Å². The number of hydrogen-bond donors (Lipinski definition) is 2. The van der Waals surface area contributed by atoms with Gasteiger partial charge < -0.3 is 15.4 Å². The zero-order valence-electron chi connectivity index (χ0n) is 13.2. The average Bonchev–Trinajstić information content (AvgIpc) is 2.53. The number of ether oxygens (including phenoxy) is 1. The third-order valence-electron chi connectivity index (χ3n) is 3.91. The van der Waals surface area contributed by atoms with E-state index < -0.39 is 0 Å². The first kappa shape index (κ1) is 18.8. The smallest absolute Gasteiger partial charge is 0.220 e. The van der Waals surface area contributed by atoms with E-state index in [0.717, 1.165) is 25.3 Å². The lowest BCUT2D eigenvalue weighted by Gasteiger charge is -2.22. The fourth-order valence-electron chi connectivity index (χ4n) is 2.62. The van der Waals surface area contributed by atoms with Crippen LogP contribution in [0.1, 0.15) is 32.6 Å². The quantitative estimate of drug-likeness (QED) is 0.810. The van der Waals surface area contributed by atoms with Crippen LogP contribution >= 0.6 is 12.4 Å². The molecule has 4 nitrogen and oxygen atoms in total. The van der Waals surface area contributed by atoms with Crippen molar-refractivity contribution >= 4 is 18.3 Å². The van der Waals surface area contributed by atoms with Gasteiger partial charge in [0.05, 0.1) is 6.54 Å². The average molecular weight is 327 g/mol. The van der Waals surface area contributed by atoms with Crippen LogP contribution in [0.4, 0.5) is 0 Å². The highest BCUT2D eigenvalue weighted by atomic mass is 35.5. The van der Waals surface area contributed by atoms with Gasteiger partial charge in [-0.15, -0.1) is 12.4 Å². The number of amides is 1. The maximum Gasteiger partial charge on any atom is 0.220 e. The van der Waals surface area contributed by atoms with Crippen LogP contribution < -0.4 is 15.4 Å². The largest absolute Gasteiger partial charge is 0.489 e. The van der Waals surface area contributed by atoms with E-state index in [1.54, 1.807) is 0 Å². The van der Waals surface area contributed by atoms with Crippen LogP contribution in [0, 0.1) is 5.92 Å². The molecule has 0 bridgehead atoms. The summed E-state index contributed by atoms with van der Waals surface area (Å²) in [6.07, 6.45) is 4.00. The van der Waals surface area contributed by atoms with Gasteiger partial charge in [-0.1, -0.05) is 18.2 Å². The van der Waals surface area contributed by atoms with Crippen LogP contribution in [0.2, 0.25) is 0 Å². The summed E-state index contributed by atoms with van der Waals surface area (Å²) in [6.45, 7) is 4.71. The van der Waals surface area contributed by atoms with Crippen molar-refractivity contribution in [3.63, 3.8) is 0 Å². The summed E-state index contributed by atoms with van der Waals surface area (Å²) in [7, 11) is 0. The van der Waals surface area contributed by atoms with Gasteiger partial charge in [-0.3, -0.25) is 4.79 Å². The maximum atomic E-state index is 11.9. The van der Waals surface area contributed by atoms with Crippen LogP contribution in [-0.2, 0) is 4.79 Å². The number of benzene rings is 1. The molecule has 0 spiro atoms. The van der Waals surface area contributed by atoms with E-state index in [1.165, 1.54) is 12.8 Å². The fourth-order valence-corrected chi connectivity index (χ4v) is 2.62. The molecule has 124 valence electrons. The molecule has 0 aliphatic carbocycles. The summed E-state index contributed by atoms with van der Waals surface area (Å²) in [5.41, 5.74) is 0. The zero-order chi connectivity index (χ0) is 14.9. The molecule has 2 N–H and O–H groups in total. The number of carbonyl (C=O) groups excluding carboxylic acids is 1. The molecule has 0 saturated carbocycles. The molecule has 0 radical (unpaired) electrons. The van der Waals surface area contributed by atoms with Crippen LogP contribution in [0.3, 0.4) is 0 Å². The first-order valence-electron chi connectivity index (χ1n) is 7.93. The van der Waals surface area contributed by atoms with Crippen molar-refractivity contribution in [3.05, 3.63) is 30.3 Å². The van der Waals surface area contributed by atoms with Crippen molar-refractivity contribution in [2.75, 3.05) is 19.6 Å². The molecule has 1 aromatic carbocycles. The number of carbonyl (C=O) groups is 1. The van der Waals surface area contributed by atoms with Crippen LogP contribution in [-0.4, -0.2) is 31.6 Å². The molecule has 1 amide bonds. The molecule has 1 atom stereocenters. The molecule has 0 aromatic heterocycles. The Hall–Kier alpha value is -1.26. The van der Waals surface area contributed by atoms with Crippen molar-refractivity contribution in [2.45, 2.75) is 38.7 Å². The molecule has 1 aliphatic heterocycles. The molecule has 5 heteroatoms. The van der Waals surface area contributed by atoms with Crippen molar-refractivity contribution in [3.8, 4) is 5.75 Å². The highest BCUT2D eigenvalue weighted by Crippen LogP contribution is 2.17. The lowest BCUT2D eigenvalue weighted by Crippen LogP contribution is -2.34. The number of rotatable bonds is 7. The summed E-state index contributed by atoms with van der Waals surface area (Å²) in [5, 5.41) is 6.31. The molecule has 1 heterocycles. The third-order valence-corrected chi connectivity index (χ3v) is 3.91. The van der Waals surface area contributed by atoms with Gasteiger partial charge in [-0.2, -0.15) is 0 Å². The molecule has 2 rings (SSSR count). The van der Waals surface area contributed by atoms with E-state index in [2.05, 4.69) is 10.6 Å². The molecule has 1 fully saturated rings. The minimum Gasteiger partial charge on any atom is -0.489 e. The van der Waals surface area contributed by atoms with Crippen LogP contribution in [0.25, 0.3) is 0 Å². The first-order valence-corrected chi connectivity index (χ1v) is 7.93. The molecule has 1 saturated heterocycles. The molecule has 1 aliphatic rings. The van der Waals surface area contributed by atoms with E-state index >= 15 is 0 Å². The Morgan fingerprint density at radius 1 is 1.32 bits per heavy atom. The lowest BCUT2D eigenvalue weighted by molar-refractivity contribution is -0.121. The second kappa shape index (κ2) is 10.5. The van der Waals surface area contributed by atoms with E-state index in [4.69, 9.17) is 4.74 Å². The van der Waals surface area contributed by atoms with Crippen molar-refractivity contribution in [1.29, 1.82) is 0 Å². The van der Waals surface area contributed by atoms with Gasteiger partial charge in [0, 0.05) is 6.42 Å². The maximum absolute atomic E-state index is 11.9. The van der Waals surface area contributed by atoms with Crippen LogP contribution in [0.15, 0.2) is 30.3 Å². The van der Waals surface area contributed by atoms with E-state index in [1.807, 2.05) is 37.3 Å². The number of para-hydroxylation sites is 1.